The first-order valence-corrected chi connectivity index (χ1v) is 7.86. The third kappa shape index (κ3) is 1.70. The van der Waals surface area contributed by atoms with Crippen LogP contribution < -0.4 is 4.90 Å². The third-order valence-electron chi connectivity index (χ3n) is 5.22. The highest BCUT2D eigenvalue weighted by atomic mass is 35.5. The highest BCUT2D eigenvalue weighted by Gasteiger charge is 2.72. The summed E-state index contributed by atoms with van der Waals surface area (Å²) in [6.45, 7) is 3.28. The third-order valence-corrected chi connectivity index (χ3v) is 5.45. The zero-order chi connectivity index (χ0) is 16.6. The van der Waals surface area contributed by atoms with Gasteiger partial charge < -0.3 is 9.84 Å². The van der Waals surface area contributed by atoms with Crippen molar-refractivity contribution in [3.05, 3.63) is 40.9 Å². The zero-order valence-corrected chi connectivity index (χ0v) is 13.5. The molecule has 3 heterocycles. The summed E-state index contributed by atoms with van der Waals surface area (Å²) in [5.74, 6) is -1.96. The van der Waals surface area contributed by atoms with E-state index in [-0.39, 0.29) is 18.4 Å². The fourth-order valence-corrected chi connectivity index (χ4v) is 4.27. The van der Waals surface area contributed by atoms with Crippen LogP contribution in [0.15, 0.2) is 30.4 Å². The number of anilines is 1. The largest absolute Gasteiger partial charge is 0.393 e. The van der Waals surface area contributed by atoms with Crippen LogP contribution in [0.4, 0.5) is 5.69 Å². The Hall–Kier alpha value is -1.69. The Morgan fingerprint density at radius 2 is 1.96 bits per heavy atom. The van der Waals surface area contributed by atoms with Crippen LogP contribution in [0.2, 0.25) is 5.02 Å². The molecule has 1 aromatic rings. The molecule has 0 spiro atoms. The van der Waals surface area contributed by atoms with Gasteiger partial charge in [0.2, 0.25) is 11.8 Å². The quantitative estimate of drug-likeness (QED) is 0.662. The minimum absolute atomic E-state index is 0.299. The molecule has 6 heteroatoms. The molecule has 1 aromatic carbocycles. The van der Waals surface area contributed by atoms with Gasteiger partial charge in [0, 0.05) is 5.02 Å². The lowest BCUT2D eigenvalue weighted by Gasteiger charge is -2.27. The summed E-state index contributed by atoms with van der Waals surface area (Å²) < 4.78 is 5.89. The predicted octanol–water partition coefficient (Wildman–Crippen LogP) is 1.84. The van der Waals surface area contributed by atoms with Gasteiger partial charge in [0.15, 0.2) is 0 Å². The van der Waals surface area contributed by atoms with Crippen LogP contribution in [0.3, 0.4) is 0 Å². The molecule has 0 radical (unpaired) electrons. The Labute approximate surface area is 138 Å². The van der Waals surface area contributed by atoms with Crippen LogP contribution in [0, 0.1) is 18.8 Å². The van der Waals surface area contributed by atoms with Crippen molar-refractivity contribution in [1.29, 1.82) is 0 Å². The van der Waals surface area contributed by atoms with Crippen molar-refractivity contribution >= 4 is 29.1 Å². The van der Waals surface area contributed by atoms with Gasteiger partial charge in [-0.05, 0) is 31.5 Å². The molecule has 0 aliphatic carbocycles. The topological polar surface area (TPSA) is 66.8 Å². The number of hydrogen-bond acceptors (Lipinski definition) is 4. The number of amides is 2. The molecule has 4 rings (SSSR count). The number of ether oxygens (including phenoxy) is 1. The average Bonchev–Trinajstić information content (AvgIpc) is 3.09. The van der Waals surface area contributed by atoms with Crippen LogP contribution in [-0.4, -0.2) is 34.7 Å². The summed E-state index contributed by atoms with van der Waals surface area (Å²) in [4.78, 5) is 27.2. The molecule has 2 amide bonds. The van der Waals surface area contributed by atoms with Crippen molar-refractivity contribution in [2.45, 2.75) is 25.0 Å². The van der Waals surface area contributed by atoms with Crippen LogP contribution in [-0.2, 0) is 14.3 Å². The number of halogens is 1. The summed E-state index contributed by atoms with van der Waals surface area (Å²) in [5.41, 5.74) is -0.673. The number of hydrogen-bond donors (Lipinski definition) is 1. The van der Waals surface area contributed by atoms with Crippen LogP contribution in [0.1, 0.15) is 12.5 Å². The van der Waals surface area contributed by atoms with E-state index in [1.807, 2.05) is 6.92 Å². The first-order chi connectivity index (χ1) is 10.8. The molecular formula is C17H16ClNO4. The zero-order valence-electron chi connectivity index (χ0n) is 12.7. The number of carbonyl (C=O) groups is 2. The molecule has 2 bridgehead atoms. The first kappa shape index (κ1) is 14.9. The maximum atomic E-state index is 13.0. The summed E-state index contributed by atoms with van der Waals surface area (Å²) in [5, 5.41) is 10.2. The minimum Gasteiger partial charge on any atom is -0.393 e. The fraction of sp³-hybridized carbons (Fsp3) is 0.412. The minimum atomic E-state index is -1.10. The van der Waals surface area contributed by atoms with Crippen LogP contribution in [0.5, 0.6) is 0 Å². The summed E-state index contributed by atoms with van der Waals surface area (Å²) in [7, 11) is 0. The second kappa shape index (κ2) is 4.44. The molecule has 1 N–H and O–H groups in total. The summed E-state index contributed by atoms with van der Waals surface area (Å²) >= 11 is 6.04. The van der Waals surface area contributed by atoms with Gasteiger partial charge in [-0.15, -0.1) is 0 Å². The van der Waals surface area contributed by atoms with Gasteiger partial charge in [0.05, 0.1) is 29.7 Å². The van der Waals surface area contributed by atoms with Gasteiger partial charge >= 0.3 is 0 Å². The lowest BCUT2D eigenvalue weighted by Crippen LogP contribution is -2.43. The molecule has 3 aliphatic rings. The molecule has 120 valence electrons. The van der Waals surface area contributed by atoms with Crippen molar-refractivity contribution < 1.29 is 19.4 Å². The maximum absolute atomic E-state index is 13.0. The Kier molecular flexibility index (Phi) is 2.87. The van der Waals surface area contributed by atoms with Crippen LogP contribution >= 0.6 is 11.6 Å². The van der Waals surface area contributed by atoms with Gasteiger partial charge in [-0.2, -0.15) is 0 Å². The number of aliphatic hydroxyl groups is 1. The first-order valence-electron chi connectivity index (χ1n) is 7.48. The highest BCUT2D eigenvalue weighted by Crippen LogP contribution is 2.57. The van der Waals surface area contributed by atoms with E-state index in [2.05, 4.69) is 0 Å². The average molecular weight is 334 g/mol. The molecule has 0 unspecified atom stereocenters. The van der Waals surface area contributed by atoms with E-state index in [0.29, 0.717) is 10.7 Å². The van der Waals surface area contributed by atoms with Crippen molar-refractivity contribution in [1.82, 2.24) is 0 Å². The van der Waals surface area contributed by atoms with E-state index in [9.17, 15) is 14.7 Å². The lowest BCUT2D eigenvalue weighted by molar-refractivity contribution is -0.131. The number of fused-ring (bicyclic) bond motifs is 5. The van der Waals surface area contributed by atoms with Gasteiger partial charge in [-0.3, -0.25) is 9.59 Å². The molecular weight excluding hydrogens is 318 g/mol. The molecule has 3 aliphatic heterocycles. The van der Waals surface area contributed by atoms with Crippen molar-refractivity contribution in [3.8, 4) is 0 Å². The number of aliphatic hydroxyl groups excluding tert-OH is 1. The molecule has 0 aromatic heterocycles. The standard InChI is InChI=1S/C17H16ClNO4/c1-9-3-4-10(18)7-11(9)19-14(21)12-13(15(19)22)17(8-20)6-5-16(12,2)23-17/h3-7,12-13,20H,8H2,1-2H3/t12-,13+,16-,17+/m1/s1. The van der Waals surface area contributed by atoms with E-state index in [4.69, 9.17) is 16.3 Å². The molecule has 2 saturated heterocycles. The number of imide groups is 1. The lowest BCUT2D eigenvalue weighted by atomic mass is 9.73. The molecule has 0 saturated carbocycles. The number of rotatable bonds is 2. The molecule has 5 nitrogen and oxygen atoms in total. The van der Waals surface area contributed by atoms with E-state index >= 15 is 0 Å². The smallest absolute Gasteiger partial charge is 0.241 e. The molecule has 2 fully saturated rings. The van der Waals surface area contributed by atoms with E-state index in [1.54, 1.807) is 37.3 Å². The monoisotopic (exact) mass is 333 g/mol. The molecule has 4 atom stereocenters. The number of nitrogens with zero attached hydrogens (tertiary/aromatic N) is 1. The molecule has 23 heavy (non-hydrogen) atoms. The predicted molar refractivity (Wildman–Crippen MR) is 84.1 cm³/mol. The van der Waals surface area contributed by atoms with Gasteiger partial charge in [-0.1, -0.05) is 29.8 Å². The van der Waals surface area contributed by atoms with E-state index < -0.39 is 23.0 Å². The Balaban J connectivity index is 1.85. The van der Waals surface area contributed by atoms with E-state index in [1.165, 1.54) is 4.90 Å². The number of carbonyl (C=O) groups excluding carboxylic acids is 2. The Morgan fingerprint density at radius 3 is 2.65 bits per heavy atom. The van der Waals surface area contributed by atoms with Crippen molar-refractivity contribution in [2.75, 3.05) is 11.5 Å². The van der Waals surface area contributed by atoms with Gasteiger partial charge in [-0.25, -0.2) is 4.90 Å². The maximum Gasteiger partial charge on any atom is 0.241 e. The Bertz CT molecular complexity index is 776. The van der Waals surface area contributed by atoms with Gasteiger partial charge in [0.25, 0.3) is 0 Å². The number of aryl methyl sites for hydroxylation is 1. The fourth-order valence-electron chi connectivity index (χ4n) is 4.10. The van der Waals surface area contributed by atoms with E-state index in [0.717, 1.165) is 5.56 Å². The number of benzene rings is 1. The summed E-state index contributed by atoms with van der Waals surface area (Å²) in [6.07, 6.45) is 3.50. The second-order valence-corrected chi connectivity index (χ2v) is 7.07. The van der Waals surface area contributed by atoms with Crippen molar-refractivity contribution in [2.24, 2.45) is 11.8 Å². The SMILES string of the molecule is Cc1ccc(Cl)cc1N1C(=O)[C@@H]2[C@H](C1=O)[C@@]1(C)C=C[C@@]2(CO)O1. The van der Waals surface area contributed by atoms with Gasteiger partial charge in [0.1, 0.15) is 5.60 Å². The van der Waals surface area contributed by atoms with Crippen molar-refractivity contribution in [3.63, 3.8) is 0 Å². The Morgan fingerprint density at radius 1 is 1.26 bits per heavy atom. The second-order valence-electron chi connectivity index (χ2n) is 6.63. The summed E-state index contributed by atoms with van der Waals surface area (Å²) in [6, 6.07) is 5.12. The van der Waals surface area contributed by atoms with Crippen LogP contribution in [0.25, 0.3) is 0 Å². The highest BCUT2D eigenvalue weighted by molar-refractivity contribution is 6.31. The normalized spacial score (nSPS) is 37.8.